The summed E-state index contributed by atoms with van der Waals surface area (Å²) < 4.78 is 5.52. The van der Waals surface area contributed by atoms with E-state index in [-0.39, 0.29) is 5.91 Å². The first kappa shape index (κ1) is 23.8. The molecule has 0 spiro atoms. The third kappa shape index (κ3) is 5.16. The number of carbonyl (C=O) groups excluding carboxylic acids is 1. The molecule has 0 unspecified atom stereocenters. The first-order chi connectivity index (χ1) is 17.7. The van der Waals surface area contributed by atoms with Gasteiger partial charge in [-0.1, -0.05) is 60.7 Å². The molecule has 7 nitrogen and oxygen atoms in total. The number of nitrogens with one attached hydrogen (secondary N) is 1. The molecule has 36 heavy (non-hydrogen) atoms. The molecule has 1 aliphatic rings. The van der Waals surface area contributed by atoms with Gasteiger partial charge in [0, 0.05) is 43.7 Å². The predicted molar refractivity (Wildman–Crippen MR) is 144 cm³/mol. The molecule has 1 fully saturated rings. The lowest BCUT2D eigenvalue weighted by Gasteiger charge is -2.36. The summed E-state index contributed by atoms with van der Waals surface area (Å²) >= 11 is 0. The lowest BCUT2D eigenvalue weighted by molar-refractivity contribution is 0.0953. The Labute approximate surface area is 211 Å². The molecule has 3 aromatic carbocycles. The average molecular weight is 482 g/mol. The van der Waals surface area contributed by atoms with Crippen LogP contribution in [0.4, 0.5) is 5.69 Å². The number of rotatable bonds is 8. The molecule has 184 valence electrons. The number of anilines is 1. The van der Waals surface area contributed by atoms with E-state index < -0.39 is 0 Å². The second kappa shape index (κ2) is 11.2. The zero-order valence-electron chi connectivity index (χ0n) is 20.6. The van der Waals surface area contributed by atoms with Gasteiger partial charge in [0.15, 0.2) is 0 Å². The van der Waals surface area contributed by atoms with Crippen molar-refractivity contribution < 1.29 is 9.53 Å². The van der Waals surface area contributed by atoms with Gasteiger partial charge < -0.3 is 15.0 Å². The van der Waals surface area contributed by atoms with Crippen molar-refractivity contribution in [3.05, 3.63) is 84.4 Å². The van der Waals surface area contributed by atoms with Crippen molar-refractivity contribution in [3.8, 4) is 17.0 Å². The molecule has 1 saturated heterocycles. The van der Waals surface area contributed by atoms with Crippen molar-refractivity contribution in [2.24, 2.45) is 0 Å². The van der Waals surface area contributed by atoms with Crippen molar-refractivity contribution in [2.75, 3.05) is 51.3 Å². The molecule has 4 aromatic rings. The van der Waals surface area contributed by atoms with E-state index in [0.29, 0.717) is 17.8 Å². The molecule has 0 bridgehead atoms. The van der Waals surface area contributed by atoms with E-state index in [0.717, 1.165) is 67.0 Å². The van der Waals surface area contributed by atoms with E-state index in [9.17, 15) is 4.79 Å². The van der Waals surface area contributed by atoms with Crippen molar-refractivity contribution >= 4 is 22.5 Å². The number of hydrogen-bond donors (Lipinski definition) is 1. The van der Waals surface area contributed by atoms with E-state index in [1.807, 2.05) is 66.7 Å². The minimum Gasteiger partial charge on any atom is -0.495 e. The highest BCUT2D eigenvalue weighted by molar-refractivity contribution is 6.10. The highest BCUT2D eigenvalue weighted by Crippen LogP contribution is 2.29. The van der Waals surface area contributed by atoms with Gasteiger partial charge in [0.05, 0.1) is 23.9 Å². The van der Waals surface area contributed by atoms with E-state index in [2.05, 4.69) is 37.4 Å². The van der Waals surface area contributed by atoms with Crippen LogP contribution in [0, 0.1) is 0 Å². The molecule has 2 heterocycles. The SMILES string of the molecule is COc1ccccc1N1CCN(CCCNC(=O)c2c(-c3ccccc3)nnc3ccccc23)CC1. The summed E-state index contributed by atoms with van der Waals surface area (Å²) in [4.78, 5) is 18.2. The van der Waals surface area contributed by atoms with Crippen LogP contribution < -0.4 is 15.0 Å². The van der Waals surface area contributed by atoms with Crippen LogP contribution in [0.25, 0.3) is 22.2 Å². The maximum Gasteiger partial charge on any atom is 0.254 e. The van der Waals surface area contributed by atoms with Gasteiger partial charge in [-0.3, -0.25) is 9.69 Å². The van der Waals surface area contributed by atoms with Gasteiger partial charge in [-0.05, 0) is 31.2 Å². The van der Waals surface area contributed by atoms with Crippen LogP contribution in [0.15, 0.2) is 78.9 Å². The Morgan fingerprint density at radius 2 is 1.61 bits per heavy atom. The van der Waals surface area contributed by atoms with Crippen LogP contribution >= 0.6 is 0 Å². The summed E-state index contributed by atoms with van der Waals surface area (Å²) in [6, 6.07) is 25.6. The Morgan fingerprint density at radius 1 is 0.889 bits per heavy atom. The summed E-state index contributed by atoms with van der Waals surface area (Å²) in [5.74, 6) is 0.808. The number of fused-ring (bicyclic) bond motifs is 1. The Kier molecular flexibility index (Phi) is 7.38. The van der Waals surface area contributed by atoms with Crippen molar-refractivity contribution in [1.82, 2.24) is 20.4 Å². The highest BCUT2D eigenvalue weighted by Gasteiger charge is 2.21. The molecule has 1 amide bonds. The standard InChI is InChI=1S/C29H31N5O2/c1-36-26-15-8-7-14-25(26)34-20-18-33(19-21-34)17-9-16-30-29(35)27-23-12-5-6-13-24(23)31-32-28(27)22-10-3-2-4-11-22/h2-8,10-15H,9,16-21H2,1H3,(H,30,35). The molecule has 0 aliphatic carbocycles. The fourth-order valence-electron chi connectivity index (χ4n) is 4.78. The highest BCUT2D eigenvalue weighted by atomic mass is 16.5. The van der Waals surface area contributed by atoms with Crippen LogP contribution in [0.5, 0.6) is 5.75 Å². The monoisotopic (exact) mass is 481 g/mol. The number of carbonyl (C=O) groups is 1. The molecule has 1 aromatic heterocycles. The van der Waals surface area contributed by atoms with Crippen molar-refractivity contribution in [2.45, 2.75) is 6.42 Å². The van der Waals surface area contributed by atoms with Crippen LogP contribution in [0.2, 0.25) is 0 Å². The molecule has 0 radical (unpaired) electrons. The maximum absolute atomic E-state index is 13.4. The Morgan fingerprint density at radius 3 is 2.42 bits per heavy atom. The first-order valence-electron chi connectivity index (χ1n) is 12.4. The number of aromatic nitrogens is 2. The second-order valence-electron chi connectivity index (χ2n) is 8.92. The largest absolute Gasteiger partial charge is 0.495 e. The summed E-state index contributed by atoms with van der Waals surface area (Å²) in [5, 5.41) is 12.7. The second-order valence-corrected chi connectivity index (χ2v) is 8.92. The minimum absolute atomic E-state index is 0.110. The predicted octanol–water partition coefficient (Wildman–Crippen LogP) is 4.25. The number of piperazine rings is 1. The quantitative estimate of drug-likeness (QED) is 0.380. The number of hydrogen-bond acceptors (Lipinski definition) is 6. The van der Waals surface area contributed by atoms with Gasteiger partial charge in [-0.25, -0.2) is 0 Å². The van der Waals surface area contributed by atoms with Gasteiger partial charge in [-0.2, -0.15) is 0 Å². The summed E-state index contributed by atoms with van der Waals surface area (Å²) in [6.45, 7) is 5.45. The fourth-order valence-corrected chi connectivity index (χ4v) is 4.78. The normalized spacial score (nSPS) is 14.1. The van der Waals surface area contributed by atoms with Gasteiger partial charge in [0.2, 0.25) is 0 Å². The Balaban J connectivity index is 1.18. The zero-order valence-corrected chi connectivity index (χ0v) is 20.6. The van der Waals surface area contributed by atoms with Crippen molar-refractivity contribution in [1.29, 1.82) is 0 Å². The minimum atomic E-state index is -0.110. The lowest BCUT2D eigenvalue weighted by Crippen LogP contribution is -2.47. The van der Waals surface area contributed by atoms with Gasteiger partial charge >= 0.3 is 0 Å². The van der Waals surface area contributed by atoms with Crippen molar-refractivity contribution in [3.63, 3.8) is 0 Å². The number of amides is 1. The third-order valence-electron chi connectivity index (χ3n) is 6.68. The first-order valence-corrected chi connectivity index (χ1v) is 12.4. The lowest BCUT2D eigenvalue weighted by atomic mass is 10.0. The number of nitrogens with zero attached hydrogens (tertiary/aromatic N) is 4. The maximum atomic E-state index is 13.4. The molecule has 5 rings (SSSR count). The Hall–Kier alpha value is -3.97. The smallest absolute Gasteiger partial charge is 0.254 e. The average Bonchev–Trinajstić information content (AvgIpc) is 2.95. The number of para-hydroxylation sites is 2. The van der Waals surface area contributed by atoms with E-state index >= 15 is 0 Å². The van der Waals surface area contributed by atoms with Crippen LogP contribution in [0.1, 0.15) is 16.8 Å². The molecule has 0 saturated carbocycles. The fraction of sp³-hybridized carbons (Fsp3) is 0.276. The molecule has 1 aliphatic heterocycles. The van der Waals surface area contributed by atoms with Crippen LogP contribution in [0.3, 0.4) is 0 Å². The molecule has 7 heteroatoms. The molecular weight excluding hydrogens is 450 g/mol. The van der Waals surface area contributed by atoms with Gasteiger partial charge in [0.25, 0.3) is 5.91 Å². The molecule has 0 atom stereocenters. The summed E-state index contributed by atoms with van der Waals surface area (Å²) in [7, 11) is 1.72. The Bertz CT molecular complexity index is 1320. The third-order valence-corrected chi connectivity index (χ3v) is 6.68. The summed E-state index contributed by atoms with van der Waals surface area (Å²) in [6.07, 6.45) is 0.886. The molecular formula is C29H31N5O2. The van der Waals surface area contributed by atoms with Gasteiger partial charge in [0.1, 0.15) is 11.4 Å². The zero-order chi connectivity index (χ0) is 24.7. The summed E-state index contributed by atoms with van der Waals surface area (Å²) in [5.41, 5.74) is 3.94. The van der Waals surface area contributed by atoms with Crippen LogP contribution in [-0.4, -0.2) is 67.4 Å². The van der Waals surface area contributed by atoms with E-state index in [1.165, 1.54) is 0 Å². The van der Waals surface area contributed by atoms with E-state index in [1.54, 1.807) is 7.11 Å². The van der Waals surface area contributed by atoms with Gasteiger partial charge in [-0.15, -0.1) is 10.2 Å². The molecule has 1 N–H and O–H groups in total. The number of ether oxygens (including phenoxy) is 1. The number of methoxy groups -OCH3 is 1. The topological polar surface area (TPSA) is 70.6 Å². The van der Waals surface area contributed by atoms with Crippen LogP contribution in [-0.2, 0) is 0 Å². The van der Waals surface area contributed by atoms with E-state index in [4.69, 9.17) is 4.74 Å². The number of benzene rings is 3.